The van der Waals surface area contributed by atoms with Crippen molar-refractivity contribution in [1.29, 1.82) is 0 Å². The molecule has 0 radical (unpaired) electrons. The summed E-state index contributed by atoms with van der Waals surface area (Å²) >= 11 is 0. The molecule has 3 nitrogen and oxygen atoms in total. The van der Waals surface area contributed by atoms with E-state index in [1.165, 1.54) is 18.4 Å². The van der Waals surface area contributed by atoms with Gasteiger partial charge in [-0.25, -0.2) is 0 Å². The molecule has 1 aliphatic carbocycles. The highest BCUT2D eigenvalue weighted by Gasteiger charge is 2.34. The summed E-state index contributed by atoms with van der Waals surface area (Å²) < 4.78 is 5.31. The lowest BCUT2D eigenvalue weighted by Crippen LogP contribution is -2.41. The largest absolute Gasteiger partial charge is 0.378 e. The Bertz CT molecular complexity index is 422. The molecule has 1 aliphatic heterocycles. The molecule has 2 fully saturated rings. The SMILES string of the molecule is O=C(CC(c1ccccc1)C1CC1)N1CCOCC1. The minimum Gasteiger partial charge on any atom is -0.378 e. The van der Waals surface area contributed by atoms with E-state index in [1.54, 1.807) is 0 Å². The van der Waals surface area contributed by atoms with Crippen LogP contribution in [0.1, 0.15) is 30.7 Å². The fourth-order valence-electron chi connectivity index (χ4n) is 2.89. The summed E-state index contributed by atoms with van der Waals surface area (Å²) in [5, 5.41) is 0. The summed E-state index contributed by atoms with van der Waals surface area (Å²) in [6.45, 7) is 2.88. The molecule has 0 spiro atoms. The Labute approximate surface area is 114 Å². The van der Waals surface area contributed by atoms with E-state index in [4.69, 9.17) is 4.74 Å². The molecule has 19 heavy (non-hydrogen) atoms. The minimum atomic E-state index is 0.295. The molecule has 3 heteroatoms. The number of benzene rings is 1. The number of hydrogen-bond donors (Lipinski definition) is 0. The first-order valence-corrected chi connectivity index (χ1v) is 7.25. The van der Waals surface area contributed by atoms with Crippen molar-refractivity contribution < 1.29 is 9.53 Å². The molecule has 1 aromatic rings. The zero-order chi connectivity index (χ0) is 13.1. The van der Waals surface area contributed by atoms with Crippen LogP contribution in [0.2, 0.25) is 0 Å². The van der Waals surface area contributed by atoms with Crippen LogP contribution in [-0.2, 0) is 9.53 Å². The number of rotatable bonds is 4. The second-order valence-electron chi connectivity index (χ2n) is 5.55. The number of carbonyl (C=O) groups excluding carboxylic acids is 1. The van der Waals surface area contributed by atoms with E-state index in [-0.39, 0.29) is 0 Å². The summed E-state index contributed by atoms with van der Waals surface area (Å²) in [5.74, 6) is 1.42. The van der Waals surface area contributed by atoms with E-state index in [9.17, 15) is 4.79 Å². The van der Waals surface area contributed by atoms with Gasteiger partial charge in [0.1, 0.15) is 0 Å². The quantitative estimate of drug-likeness (QED) is 0.831. The van der Waals surface area contributed by atoms with Crippen molar-refractivity contribution in [2.45, 2.75) is 25.2 Å². The molecule has 0 N–H and O–H groups in total. The maximum atomic E-state index is 12.4. The monoisotopic (exact) mass is 259 g/mol. The molecular formula is C16H21NO2. The lowest BCUT2D eigenvalue weighted by atomic mass is 9.90. The van der Waals surface area contributed by atoms with Crippen LogP contribution in [0.3, 0.4) is 0 Å². The van der Waals surface area contributed by atoms with Gasteiger partial charge in [-0.3, -0.25) is 4.79 Å². The molecule has 1 saturated carbocycles. The summed E-state index contributed by atoms with van der Waals surface area (Å²) in [6.07, 6.45) is 3.21. The van der Waals surface area contributed by atoms with E-state index < -0.39 is 0 Å². The zero-order valence-electron chi connectivity index (χ0n) is 11.3. The van der Waals surface area contributed by atoms with Crippen LogP contribution in [-0.4, -0.2) is 37.1 Å². The molecule has 2 aliphatic rings. The van der Waals surface area contributed by atoms with Crippen molar-refractivity contribution in [3.05, 3.63) is 35.9 Å². The van der Waals surface area contributed by atoms with Crippen LogP contribution in [0.15, 0.2) is 30.3 Å². The Balaban J connectivity index is 1.66. The highest BCUT2D eigenvalue weighted by molar-refractivity contribution is 5.77. The van der Waals surface area contributed by atoms with E-state index in [1.807, 2.05) is 11.0 Å². The average Bonchev–Trinajstić information content (AvgIpc) is 3.31. The Morgan fingerprint density at radius 2 is 1.89 bits per heavy atom. The maximum absolute atomic E-state index is 12.4. The van der Waals surface area contributed by atoms with Gasteiger partial charge in [0, 0.05) is 19.5 Å². The van der Waals surface area contributed by atoms with Crippen LogP contribution < -0.4 is 0 Å². The molecule has 1 aromatic carbocycles. The number of hydrogen-bond acceptors (Lipinski definition) is 2. The Morgan fingerprint density at radius 3 is 2.53 bits per heavy atom. The van der Waals surface area contributed by atoms with Crippen molar-refractivity contribution in [3.8, 4) is 0 Å². The second-order valence-corrected chi connectivity index (χ2v) is 5.55. The summed E-state index contributed by atoms with van der Waals surface area (Å²) in [7, 11) is 0. The number of amides is 1. The van der Waals surface area contributed by atoms with Gasteiger partial charge < -0.3 is 9.64 Å². The van der Waals surface area contributed by atoms with Crippen molar-refractivity contribution in [3.63, 3.8) is 0 Å². The van der Waals surface area contributed by atoms with Crippen LogP contribution in [0.25, 0.3) is 0 Å². The van der Waals surface area contributed by atoms with Crippen LogP contribution >= 0.6 is 0 Å². The standard InChI is InChI=1S/C16H21NO2/c18-16(17-8-10-19-11-9-17)12-15(14-6-7-14)13-4-2-1-3-5-13/h1-5,14-15H,6-12H2. The third-order valence-electron chi connectivity index (χ3n) is 4.18. The van der Waals surface area contributed by atoms with Crippen LogP contribution in [0.4, 0.5) is 0 Å². The third-order valence-corrected chi connectivity index (χ3v) is 4.18. The van der Waals surface area contributed by atoms with Gasteiger partial charge in [0.15, 0.2) is 0 Å². The second kappa shape index (κ2) is 5.74. The average molecular weight is 259 g/mol. The third kappa shape index (κ3) is 3.16. The van der Waals surface area contributed by atoms with Gasteiger partial charge >= 0.3 is 0 Å². The molecule has 0 bridgehead atoms. The zero-order valence-corrected chi connectivity index (χ0v) is 11.3. The lowest BCUT2D eigenvalue weighted by Gasteiger charge is -2.28. The number of ether oxygens (including phenoxy) is 1. The summed E-state index contributed by atoms with van der Waals surface area (Å²) in [6, 6.07) is 10.5. The van der Waals surface area contributed by atoms with E-state index in [2.05, 4.69) is 24.3 Å². The van der Waals surface area contributed by atoms with Gasteiger partial charge in [-0.1, -0.05) is 30.3 Å². The van der Waals surface area contributed by atoms with Gasteiger partial charge in [0.05, 0.1) is 13.2 Å². The Morgan fingerprint density at radius 1 is 1.21 bits per heavy atom. The van der Waals surface area contributed by atoms with E-state index in [0.29, 0.717) is 37.4 Å². The molecule has 1 atom stereocenters. The first-order valence-electron chi connectivity index (χ1n) is 7.25. The van der Waals surface area contributed by atoms with E-state index in [0.717, 1.165) is 13.1 Å². The van der Waals surface area contributed by atoms with Crippen molar-refractivity contribution in [2.24, 2.45) is 5.92 Å². The fourth-order valence-corrected chi connectivity index (χ4v) is 2.89. The molecule has 0 aromatic heterocycles. The van der Waals surface area contributed by atoms with Gasteiger partial charge in [-0.05, 0) is 30.2 Å². The Kier molecular flexibility index (Phi) is 3.83. The minimum absolute atomic E-state index is 0.295. The van der Waals surface area contributed by atoms with Gasteiger partial charge in [0.25, 0.3) is 0 Å². The van der Waals surface area contributed by atoms with Gasteiger partial charge in [-0.2, -0.15) is 0 Å². The summed E-state index contributed by atoms with van der Waals surface area (Å²) in [5.41, 5.74) is 1.33. The highest BCUT2D eigenvalue weighted by atomic mass is 16.5. The molecule has 1 unspecified atom stereocenters. The normalized spacial score (nSPS) is 21.2. The maximum Gasteiger partial charge on any atom is 0.223 e. The van der Waals surface area contributed by atoms with Crippen LogP contribution in [0, 0.1) is 5.92 Å². The lowest BCUT2D eigenvalue weighted by molar-refractivity contribution is -0.135. The van der Waals surface area contributed by atoms with Crippen molar-refractivity contribution >= 4 is 5.91 Å². The predicted octanol–water partition coefficient (Wildman–Crippen LogP) is 2.43. The summed E-state index contributed by atoms with van der Waals surface area (Å²) in [4.78, 5) is 14.3. The highest BCUT2D eigenvalue weighted by Crippen LogP contribution is 2.44. The first-order chi connectivity index (χ1) is 9.34. The fraction of sp³-hybridized carbons (Fsp3) is 0.562. The topological polar surface area (TPSA) is 29.5 Å². The predicted molar refractivity (Wildman–Crippen MR) is 73.9 cm³/mol. The first kappa shape index (κ1) is 12.7. The molecule has 102 valence electrons. The molecule has 1 heterocycles. The van der Waals surface area contributed by atoms with Gasteiger partial charge in [-0.15, -0.1) is 0 Å². The van der Waals surface area contributed by atoms with Crippen LogP contribution in [0.5, 0.6) is 0 Å². The molecule has 1 amide bonds. The van der Waals surface area contributed by atoms with Gasteiger partial charge in [0.2, 0.25) is 5.91 Å². The van der Waals surface area contributed by atoms with Crippen molar-refractivity contribution in [2.75, 3.05) is 26.3 Å². The number of nitrogens with zero attached hydrogens (tertiary/aromatic N) is 1. The smallest absolute Gasteiger partial charge is 0.223 e. The molecule has 1 saturated heterocycles. The van der Waals surface area contributed by atoms with E-state index >= 15 is 0 Å². The number of morpholine rings is 1. The Hall–Kier alpha value is -1.35. The number of carbonyl (C=O) groups is 1. The van der Waals surface area contributed by atoms with Crippen molar-refractivity contribution in [1.82, 2.24) is 4.90 Å². The molecular weight excluding hydrogens is 238 g/mol. The molecule has 3 rings (SSSR count).